The molecule has 4 N–H and O–H groups in total. The maximum atomic E-state index is 13.5. The molecule has 1 heterocycles. The Bertz CT molecular complexity index is 656. The quantitative estimate of drug-likeness (QED) is 0.327. The van der Waals surface area contributed by atoms with Gasteiger partial charge in [-0.15, -0.1) is 0 Å². The summed E-state index contributed by atoms with van der Waals surface area (Å²) >= 11 is 0. The molecule has 8 heteroatoms. The van der Waals surface area contributed by atoms with Crippen LogP contribution in [0, 0.1) is 17.8 Å². The lowest BCUT2D eigenvalue weighted by molar-refractivity contribution is -0.136. The molecule has 2 aliphatic rings. The second-order valence-corrected chi connectivity index (χ2v) is 11.5. The predicted octanol–water partition coefficient (Wildman–Crippen LogP) is 2.02. The van der Waals surface area contributed by atoms with Gasteiger partial charge in [0, 0.05) is 12.5 Å². The molecule has 0 aromatic carbocycles. The predicted molar refractivity (Wildman–Crippen MR) is 124 cm³/mol. The molecule has 2 amide bonds. The van der Waals surface area contributed by atoms with Crippen molar-refractivity contribution in [1.29, 1.82) is 0 Å². The number of carbonyl (C=O) groups is 2. The van der Waals surface area contributed by atoms with Gasteiger partial charge in [0.2, 0.25) is 11.8 Å². The van der Waals surface area contributed by atoms with Gasteiger partial charge in [0.15, 0.2) is 0 Å². The molecule has 2 rings (SSSR count). The summed E-state index contributed by atoms with van der Waals surface area (Å²) in [5.74, 6) is 0.583. The third kappa shape index (κ3) is 6.23. The monoisotopic (exact) mass is 436 g/mol. The minimum atomic E-state index is -0.955. The van der Waals surface area contributed by atoms with Crippen LogP contribution in [-0.2, 0) is 14.2 Å². The second-order valence-electron chi connectivity index (χ2n) is 11.5. The number of aliphatic hydroxyl groups is 1. The lowest BCUT2D eigenvalue weighted by Crippen LogP contribution is -2.64. The van der Waals surface area contributed by atoms with E-state index in [-0.39, 0.29) is 23.3 Å². The topological polar surface area (TPSA) is 99.7 Å². The van der Waals surface area contributed by atoms with Crippen molar-refractivity contribution >= 4 is 19.3 Å². The summed E-state index contributed by atoms with van der Waals surface area (Å²) < 4.78 is 5.84. The smallest absolute Gasteiger partial charge is 0.293 e. The van der Waals surface area contributed by atoms with Gasteiger partial charge in [0.1, 0.15) is 5.54 Å². The summed E-state index contributed by atoms with van der Waals surface area (Å²) in [4.78, 5) is 25.6. The maximum Gasteiger partial charge on any atom is 0.293 e. The Morgan fingerprint density at radius 3 is 2.35 bits per heavy atom. The fraction of sp³-hybridized carbons (Fsp3) is 0.913. The van der Waals surface area contributed by atoms with Gasteiger partial charge in [-0.1, -0.05) is 12.7 Å². The number of fused-ring (bicyclic) bond motifs is 1. The SMILES string of the molecule is CC(=O)NC1(C(=O)NC(C)(C)C)C[C@H]2CNC[C@H]2C1CCC[B]OC(C)(C)C(C)(C)O. The average Bonchev–Trinajstić information content (AvgIpc) is 3.12. The van der Waals surface area contributed by atoms with Crippen molar-refractivity contribution in [2.75, 3.05) is 13.1 Å². The summed E-state index contributed by atoms with van der Waals surface area (Å²) in [6.07, 6.45) is 3.06. The van der Waals surface area contributed by atoms with Crippen LogP contribution in [-0.4, -0.2) is 59.8 Å². The molecule has 1 aliphatic heterocycles. The van der Waals surface area contributed by atoms with Crippen LogP contribution in [0.1, 0.15) is 74.7 Å². The molecule has 1 saturated heterocycles. The number of hydrogen-bond donors (Lipinski definition) is 4. The van der Waals surface area contributed by atoms with Crippen molar-refractivity contribution in [3.05, 3.63) is 0 Å². The fourth-order valence-corrected chi connectivity index (χ4v) is 4.90. The largest absolute Gasteiger partial charge is 0.433 e. The van der Waals surface area contributed by atoms with Gasteiger partial charge in [-0.3, -0.25) is 9.59 Å². The van der Waals surface area contributed by atoms with E-state index < -0.39 is 16.7 Å². The van der Waals surface area contributed by atoms with Crippen LogP contribution in [0.2, 0.25) is 6.32 Å². The zero-order chi connectivity index (χ0) is 23.7. The van der Waals surface area contributed by atoms with Crippen molar-refractivity contribution < 1.29 is 19.3 Å². The first-order valence-electron chi connectivity index (χ1n) is 11.6. The lowest BCUT2D eigenvalue weighted by Gasteiger charge is -2.39. The van der Waals surface area contributed by atoms with Gasteiger partial charge in [0.05, 0.1) is 11.2 Å². The molecule has 0 aromatic heterocycles. The van der Waals surface area contributed by atoms with E-state index in [4.69, 9.17) is 4.65 Å². The van der Waals surface area contributed by atoms with Crippen LogP contribution in [0.15, 0.2) is 0 Å². The molecule has 0 bridgehead atoms. The molecule has 2 fully saturated rings. The molecular formula is C23H43BN3O4. The molecule has 0 spiro atoms. The summed E-state index contributed by atoms with van der Waals surface area (Å²) in [5, 5.41) is 19.9. The first kappa shape index (κ1) is 26.1. The molecule has 177 valence electrons. The van der Waals surface area contributed by atoms with E-state index in [0.29, 0.717) is 18.3 Å². The van der Waals surface area contributed by atoms with Crippen LogP contribution >= 0.6 is 0 Å². The van der Waals surface area contributed by atoms with Crippen LogP contribution < -0.4 is 16.0 Å². The number of hydrogen-bond acceptors (Lipinski definition) is 5. The van der Waals surface area contributed by atoms with Crippen molar-refractivity contribution in [2.24, 2.45) is 17.8 Å². The second kappa shape index (κ2) is 9.40. The van der Waals surface area contributed by atoms with E-state index >= 15 is 0 Å². The van der Waals surface area contributed by atoms with Gasteiger partial charge < -0.3 is 25.7 Å². The van der Waals surface area contributed by atoms with E-state index in [1.165, 1.54) is 6.92 Å². The van der Waals surface area contributed by atoms with Crippen LogP contribution in [0.25, 0.3) is 0 Å². The highest BCUT2D eigenvalue weighted by Crippen LogP contribution is 2.49. The lowest BCUT2D eigenvalue weighted by atomic mass is 9.76. The van der Waals surface area contributed by atoms with Crippen molar-refractivity contribution in [3.63, 3.8) is 0 Å². The molecule has 2 unspecified atom stereocenters. The molecular weight excluding hydrogens is 393 g/mol. The fourth-order valence-electron chi connectivity index (χ4n) is 4.90. The number of nitrogens with one attached hydrogen (secondary N) is 3. The van der Waals surface area contributed by atoms with Crippen LogP contribution in [0.5, 0.6) is 0 Å². The Labute approximate surface area is 189 Å². The van der Waals surface area contributed by atoms with E-state index in [1.807, 2.05) is 34.6 Å². The van der Waals surface area contributed by atoms with Crippen molar-refractivity contribution in [1.82, 2.24) is 16.0 Å². The Balaban J connectivity index is 2.10. The normalized spacial score (nSPS) is 28.9. The van der Waals surface area contributed by atoms with Crippen LogP contribution in [0.4, 0.5) is 0 Å². The molecule has 7 nitrogen and oxygen atoms in total. The highest BCUT2D eigenvalue weighted by atomic mass is 16.5. The molecule has 1 aliphatic carbocycles. The number of amides is 2. The maximum absolute atomic E-state index is 13.5. The molecule has 1 saturated carbocycles. The minimum absolute atomic E-state index is 0.0643. The Hall–Kier alpha value is -1.12. The molecule has 0 aromatic rings. The summed E-state index contributed by atoms with van der Waals surface area (Å²) in [7, 11) is 1.77. The number of carbonyl (C=O) groups excluding carboxylic acids is 2. The molecule has 31 heavy (non-hydrogen) atoms. The van der Waals surface area contributed by atoms with Crippen molar-refractivity contribution in [3.8, 4) is 0 Å². The minimum Gasteiger partial charge on any atom is -0.433 e. The summed E-state index contributed by atoms with van der Waals surface area (Å²) in [5.41, 5.74) is -2.88. The van der Waals surface area contributed by atoms with E-state index in [1.54, 1.807) is 21.3 Å². The number of rotatable bonds is 9. The van der Waals surface area contributed by atoms with Gasteiger partial charge in [-0.2, -0.15) is 0 Å². The van der Waals surface area contributed by atoms with E-state index in [2.05, 4.69) is 16.0 Å². The van der Waals surface area contributed by atoms with Crippen molar-refractivity contribution in [2.45, 2.75) is 103 Å². The standard InChI is InChI=1S/C23H43BN3O4/c1-15(28)26-23(19(29)27-20(2,3)4)12-16-13-25-14-17(16)18(23)10-9-11-24-31-22(7,8)21(5,6)30/h16-18,25,30H,9-14H2,1-8H3,(H,26,28)(H,27,29)/t16-,17+,18?,23?/m0/s1. The third-order valence-corrected chi connectivity index (χ3v) is 7.11. The highest BCUT2D eigenvalue weighted by Gasteiger charge is 2.59. The zero-order valence-corrected chi connectivity index (χ0v) is 20.7. The van der Waals surface area contributed by atoms with Gasteiger partial charge in [-0.05, 0) is 92.2 Å². The van der Waals surface area contributed by atoms with E-state index in [0.717, 1.165) is 32.3 Å². The molecule has 1 radical (unpaired) electrons. The Morgan fingerprint density at radius 2 is 1.81 bits per heavy atom. The van der Waals surface area contributed by atoms with Gasteiger partial charge in [-0.25, -0.2) is 0 Å². The first-order chi connectivity index (χ1) is 14.1. The van der Waals surface area contributed by atoms with Crippen LogP contribution in [0.3, 0.4) is 0 Å². The first-order valence-corrected chi connectivity index (χ1v) is 11.6. The average molecular weight is 436 g/mol. The zero-order valence-electron chi connectivity index (χ0n) is 20.7. The van der Waals surface area contributed by atoms with Gasteiger partial charge in [0.25, 0.3) is 7.48 Å². The summed E-state index contributed by atoms with van der Waals surface area (Å²) in [6.45, 7) is 16.4. The van der Waals surface area contributed by atoms with E-state index in [9.17, 15) is 14.7 Å². The summed E-state index contributed by atoms with van der Waals surface area (Å²) in [6, 6.07) is 0. The Morgan fingerprint density at radius 1 is 1.16 bits per heavy atom. The van der Waals surface area contributed by atoms with Gasteiger partial charge >= 0.3 is 0 Å². The molecule has 4 atom stereocenters. The Kier molecular flexibility index (Phi) is 7.93. The highest BCUT2D eigenvalue weighted by molar-refractivity contribution is 6.27. The third-order valence-electron chi connectivity index (χ3n) is 7.11.